The number of aromatic amines is 1. The van der Waals surface area contributed by atoms with Crippen molar-refractivity contribution < 1.29 is 19.1 Å². The molecule has 0 radical (unpaired) electrons. The molecular weight excluding hydrogens is 516 g/mol. The summed E-state index contributed by atoms with van der Waals surface area (Å²) in [5.41, 5.74) is 1.31. The van der Waals surface area contributed by atoms with Crippen LogP contribution in [0, 0.1) is 5.92 Å². The van der Waals surface area contributed by atoms with Gasteiger partial charge in [0, 0.05) is 15.3 Å². The first-order valence-corrected chi connectivity index (χ1v) is 12.2. The Balaban J connectivity index is 1.65. The Bertz CT molecular complexity index is 1290. The number of nitrogens with zero attached hydrogens (tertiary/aromatic N) is 1. The van der Waals surface area contributed by atoms with Crippen molar-refractivity contribution in [2.45, 2.75) is 16.2 Å². The molecule has 1 N–H and O–H groups in total. The number of ether oxygens (including phenoxy) is 2. The fourth-order valence-electron chi connectivity index (χ4n) is 4.27. The largest absolute Gasteiger partial charge is 0.493 e. The minimum absolute atomic E-state index is 0.211. The molecule has 164 valence electrons. The van der Waals surface area contributed by atoms with E-state index in [1.807, 2.05) is 12.1 Å². The lowest BCUT2D eigenvalue weighted by atomic mass is 9.83. The number of hydrogen-bond donors (Lipinski definition) is 1. The Morgan fingerprint density at radius 3 is 2.38 bits per heavy atom. The molecule has 2 unspecified atom stereocenters. The summed E-state index contributed by atoms with van der Waals surface area (Å²) in [4.78, 5) is 43.9. The van der Waals surface area contributed by atoms with E-state index < -0.39 is 17.1 Å². The van der Waals surface area contributed by atoms with Crippen LogP contribution >= 0.6 is 39.0 Å². The van der Waals surface area contributed by atoms with Crippen molar-refractivity contribution in [3.63, 3.8) is 0 Å². The molecule has 2 amide bonds. The van der Waals surface area contributed by atoms with E-state index in [0.29, 0.717) is 22.2 Å². The molecule has 1 aromatic heterocycles. The summed E-state index contributed by atoms with van der Waals surface area (Å²) in [5.74, 6) is -0.585. The monoisotopic (exact) mass is 532 g/mol. The summed E-state index contributed by atoms with van der Waals surface area (Å²) in [6.07, 6.45) is 0. The van der Waals surface area contributed by atoms with Crippen molar-refractivity contribution in [2.24, 2.45) is 5.92 Å². The Morgan fingerprint density at radius 2 is 1.69 bits per heavy atom. The van der Waals surface area contributed by atoms with E-state index in [1.165, 1.54) is 16.7 Å². The van der Waals surface area contributed by atoms with Gasteiger partial charge in [0.2, 0.25) is 11.8 Å². The zero-order valence-corrected chi connectivity index (χ0v) is 20.2. The fraction of sp³-hybridized carbons (Fsp3) is 0.227. The maximum absolute atomic E-state index is 13.7. The van der Waals surface area contributed by atoms with E-state index in [4.69, 9.17) is 9.47 Å². The van der Waals surface area contributed by atoms with Crippen molar-refractivity contribution in [2.75, 3.05) is 19.1 Å². The molecule has 1 fully saturated rings. The number of thioether (sulfide) groups is 1. The Kier molecular flexibility index (Phi) is 5.39. The molecule has 5 rings (SSSR count). The highest BCUT2D eigenvalue weighted by molar-refractivity contribution is 9.10. The lowest BCUT2D eigenvalue weighted by molar-refractivity contribution is -0.122. The van der Waals surface area contributed by atoms with Gasteiger partial charge in [-0.25, -0.2) is 4.90 Å². The van der Waals surface area contributed by atoms with Gasteiger partial charge >= 0.3 is 4.87 Å². The van der Waals surface area contributed by atoms with Gasteiger partial charge in [0.25, 0.3) is 0 Å². The smallest absolute Gasteiger partial charge is 0.305 e. The minimum Gasteiger partial charge on any atom is -0.493 e. The number of imide groups is 1. The first kappa shape index (κ1) is 21.3. The number of methoxy groups -OCH3 is 2. The maximum Gasteiger partial charge on any atom is 0.305 e. The van der Waals surface area contributed by atoms with Crippen molar-refractivity contribution in [3.8, 4) is 11.5 Å². The third-order valence-electron chi connectivity index (χ3n) is 5.68. The summed E-state index contributed by atoms with van der Waals surface area (Å²) in [7, 11) is 3.09. The Labute approximate surface area is 199 Å². The van der Waals surface area contributed by atoms with Crippen LogP contribution in [0.5, 0.6) is 11.5 Å². The van der Waals surface area contributed by atoms with Gasteiger partial charge in [0.05, 0.1) is 30.9 Å². The van der Waals surface area contributed by atoms with Crippen LogP contribution in [0.3, 0.4) is 0 Å². The van der Waals surface area contributed by atoms with E-state index >= 15 is 0 Å². The van der Waals surface area contributed by atoms with Crippen molar-refractivity contribution >= 4 is 56.5 Å². The second-order valence-corrected chi connectivity index (χ2v) is 10.4. The summed E-state index contributed by atoms with van der Waals surface area (Å²) < 4.78 is 11.7. The number of hydrogen-bond acceptors (Lipinski definition) is 7. The highest BCUT2D eigenvalue weighted by atomic mass is 79.9. The molecule has 2 aliphatic heterocycles. The Morgan fingerprint density at radius 1 is 0.969 bits per heavy atom. The molecule has 32 heavy (non-hydrogen) atoms. The molecule has 7 nitrogen and oxygen atoms in total. The number of nitrogens with one attached hydrogen (secondary N) is 1. The number of H-pyrrole nitrogens is 1. The van der Waals surface area contributed by atoms with Crippen LogP contribution < -0.4 is 19.2 Å². The molecular formula is C22H17BrN2O5S2. The van der Waals surface area contributed by atoms with Crippen molar-refractivity contribution in [1.29, 1.82) is 0 Å². The standard InChI is InChI=1S/C22H17BrN2O5S2/c1-29-13-8-3-10(9-14(13)30-2)15-16-18(31-19-17(15)32-22(28)24-19)21(27)25(20(16)26)12-6-4-11(23)5-7-12/h3-9,15-16,18H,1-2H3,(H,24,28)/t15-,16?,18?/m1/s1. The van der Waals surface area contributed by atoms with Crippen molar-refractivity contribution in [3.05, 3.63) is 67.0 Å². The number of anilines is 1. The molecule has 0 saturated carbocycles. The van der Waals surface area contributed by atoms with Crippen LogP contribution in [0.25, 0.3) is 0 Å². The highest BCUT2D eigenvalue weighted by Gasteiger charge is 2.56. The number of rotatable bonds is 4. The fourth-order valence-corrected chi connectivity index (χ4v) is 7.05. The summed E-state index contributed by atoms with van der Waals surface area (Å²) in [6.45, 7) is 0. The first-order chi connectivity index (χ1) is 15.4. The summed E-state index contributed by atoms with van der Waals surface area (Å²) >= 11 is 5.72. The van der Waals surface area contributed by atoms with Gasteiger partial charge in [0.1, 0.15) is 5.25 Å². The van der Waals surface area contributed by atoms with Gasteiger partial charge in [-0.05, 0) is 42.0 Å². The van der Waals surface area contributed by atoms with Gasteiger partial charge < -0.3 is 14.5 Å². The number of carbonyl (C=O) groups excluding carboxylic acids is 2. The molecule has 3 aromatic rings. The average Bonchev–Trinajstić information content (AvgIpc) is 3.28. The number of fused-ring (bicyclic) bond motifs is 2. The van der Waals surface area contributed by atoms with Crippen LogP contribution in [0.4, 0.5) is 5.69 Å². The topological polar surface area (TPSA) is 88.7 Å². The van der Waals surface area contributed by atoms with E-state index in [2.05, 4.69) is 20.9 Å². The quantitative estimate of drug-likeness (QED) is 0.510. The predicted octanol–water partition coefficient (Wildman–Crippen LogP) is 4.01. The zero-order chi connectivity index (χ0) is 22.6. The summed E-state index contributed by atoms with van der Waals surface area (Å²) in [6, 6.07) is 12.5. The predicted molar refractivity (Wildman–Crippen MR) is 126 cm³/mol. The average molecular weight is 533 g/mol. The van der Waals surface area contributed by atoms with Gasteiger partial charge in [-0.15, -0.1) is 0 Å². The second kappa shape index (κ2) is 8.09. The van der Waals surface area contributed by atoms with Gasteiger partial charge in [0.15, 0.2) is 11.5 Å². The highest BCUT2D eigenvalue weighted by Crippen LogP contribution is 2.53. The third-order valence-corrected chi connectivity index (χ3v) is 8.61. The van der Waals surface area contributed by atoms with E-state index in [1.54, 1.807) is 44.6 Å². The first-order valence-electron chi connectivity index (χ1n) is 9.68. The number of halogens is 1. The van der Waals surface area contributed by atoms with E-state index in [9.17, 15) is 14.4 Å². The number of carbonyl (C=O) groups is 2. The van der Waals surface area contributed by atoms with Crippen LogP contribution in [0.2, 0.25) is 0 Å². The lowest BCUT2D eigenvalue weighted by Crippen LogP contribution is -2.32. The molecule has 3 atom stereocenters. The van der Waals surface area contributed by atoms with Crippen molar-refractivity contribution in [1.82, 2.24) is 4.98 Å². The molecule has 0 bridgehead atoms. The molecule has 2 aromatic carbocycles. The van der Waals surface area contributed by atoms with E-state index in [-0.39, 0.29) is 16.7 Å². The molecule has 0 aliphatic carbocycles. The number of thiazole rings is 1. The lowest BCUT2D eigenvalue weighted by Gasteiger charge is -2.30. The molecule has 1 saturated heterocycles. The SMILES string of the molecule is COc1ccc([C@H]2c3sc(=O)[nH]c3SC3C(=O)N(c4ccc(Br)cc4)C(=O)C32)cc1OC. The maximum atomic E-state index is 13.7. The molecule has 0 spiro atoms. The van der Waals surface area contributed by atoms with Crippen LogP contribution in [0.1, 0.15) is 16.4 Å². The van der Waals surface area contributed by atoms with Crippen LogP contribution in [-0.2, 0) is 9.59 Å². The van der Waals surface area contributed by atoms with Gasteiger partial charge in [-0.1, -0.05) is 45.1 Å². The molecule has 3 heterocycles. The number of amides is 2. The van der Waals surface area contributed by atoms with Gasteiger partial charge in [-0.2, -0.15) is 0 Å². The number of benzene rings is 2. The zero-order valence-electron chi connectivity index (χ0n) is 17.0. The van der Waals surface area contributed by atoms with E-state index in [0.717, 1.165) is 26.3 Å². The minimum atomic E-state index is -0.645. The van der Waals surface area contributed by atoms with Gasteiger partial charge in [-0.3, -0.25) is 14.4 Å². The molecule has 2 aliphatic rings. The second-order valence-electron chi connectivity index (χ2n) is 7.35. The van der Waals surface area contributed by atoms with Crippen LogP contribution in [0.15, 0.2) is 56.8 Å². The normalized spacial score (nSPS) is 22.0. The molecule has 10 heteroatoms. The Hall–Kier alpha value is -2.56. The third kappa shape index (κ3) is 3.28. The van der Waals surface area contributed by atoms with Crippen LogP contribution in [-0.4, -0.2) is 36.3 Å². The number of aromatic nitrogens is 1. The summed E-state index contributed by atoms with van der Waals surface area (Å²) in [5, 5.41) is 0.00170.